The van der Waals surface area contributed by atoms with E-state index in [9.17, 15) is 35.1 Å². The van der Waals surface area contributed by atoms with E-state index in [2.05, 4.69) is 17.7 Å². The Labute approximate surface area is 243 Å². The molecule has 1 atom stereocenters. The average molecular weight is 627 g/mol. The molecule has 0 radical (unpaired) electrons. The second-order valence-corrected chi connectivity index (χ2v) is 11.3. The van der Waals surface area contributed by atoms with E-state index in [-0.39, 0.29) is 25.0 Å². The highest BCUT2D eigenvalue weighted by Gasteiger charge is 2.46. The Morgan fingerprint density at radius 3 is 1.91 bits per heavy atom. The SMILES string of the molecule is CCCCC1=CCC(C2CCC(C(F)(F)Oc3ccc(C(F)(F)Oc4cc(F)c(C(F)(F)F)c(F)c4)c(F)c3)CC2)CC1. The fraction of sp³-hybridized carbons (Fsp3) is 0.548. The highest BCUT2D eigenvalue weighted by Crippen LogP contribution is 2.45. The molecule has 2 aromatic carbocycles. The normalized spacial score (nSPS) is 21.8. The van der Waals surface area contributed by atoms with Crippen LogP contribution in [0.15, 0.2) is 42.0 Å². The van der Waals surface area contributed by atoms with Crippen molar-refractivity contribution in [3.8, 4) is 11.5 Å². The van der Waals surface area contributed by atoms with E-state index < -0.39 is 64.4 Å². The minimum absolute atomic E-state index is 0.125. The van der Waals surface area contributed by atoms with Gasteiger partial charge in [-0.1, -0.05) is 25.0 Å². The van der Waals surface area contributed by atoms with E-state index in [1.54, 1.807) is 0 Å². The first-order valence-corrected chi connectivity index (χ1v) is 14.3. The number of hydrogen-bond acceptors (Lipinski definition) is 2. The number of rotatable bonds is 10. The van der Waals surface area contributed by atoms with Crippen LogP contribution in [-0.2, 0) is 12.3 Å². The molecule has 2 aliphatic rings. The molecule has 2 nitrogen and oxygen atoms in total. The first kappa shape index (κ1) is 33.0. The van der Waals surface area contributed by atoms with Gasteiger partial charge >= 0.3 is 18.4 Å². The van der Waals surface area contributed by atoms with Crippen molar-refractivity contribution < 1.29 is 53.4 Å². The van der Waals surface area contributed by atoms with Gasteiger partial charge < -0.3 is 9.47 Å². The lowest BCUT2D eigenvalue weighted by Crippen LogP contribution is -2.38. The molecule has 0 spiro atoms. The smallest absolute Gasteiger partial charge is 0.429 e. The first-order valence-electron chi connectivity index (χ1n) is 14.3. The maximum absolute atomic E-state index is 15.0. The van der Waals surface area contributed by atoms with Gasteiger partial charge in [-0.2, -0.15) is 30.7 Å². The zero-order valence-corrected chi connectivity index (χ0v) is 23.4. The summed E-state index contributed by atoms with van der Waals surface area (Å²) in [4.78, 5) is 0. The minimum atomic E-state index is -5.44. The second-order valence-electron chi connectivity index (χ2n) is 11.3. The van der Waals surface area contributed by atoms with Crippen LogP contribution in [-0.4, -0.2) is 6.11 Å². The minimum Gasteiger partial charge on any atom is -0.432 e. The molecule has 0 N–H and O–H groups in total. The molecule has 238 valence electrons. The van der Waals surface area contributed by atoms with Gasteiger partial charge in [0.1, 0.15) is 40.1 Å². The fourth-order valence-electron chi connectivity index (χ4n) is 6.01. The predicted molar refractivity (Wildman–Crippen MR) is 138 cm³/mol. The van der Waals surface area contributed by atoms with Gasteiger partial charge in [0.05, 0.1) is 5.92 Å². The summed E-state index contributed by atoms with van der Waals surface area (Å²) < 4.78 is 148. The third kappa shape index (κ3) is 7.98. The topological polar surface area (TPSA) is 18.5 Å². The van der Waals surface area contributed by atoms with Crippen molar-refractivity contribution in [3.05, 3.63) is 70.6 Å². The predicted octanol–water partition coefficient (Wildman–Crippen LogP) is 10.9. The molecule has 12 heteroatoms. The summed E-state index contributed by atoms with van der Waals surface area (Å²) >= 11 is 0. The van der Waals surface area contributed by atoms with Crippen LogP contribution >= 0.6 is 0 Å². The zero-order chi connectivity index (χ0) is 31.6. The summed E-state index contributed by atoms with van der Waals surface area (Å²) in [5, 5.41) is 0. The molecule has 0 heterocycles. The number of benzene rings is 2. The van der Waals surface area contributed by atoms with Crippen LogP contribution in [0.3, 0.4) is 0 Å². The Bertz CT molecular complexity index is 1270. The summed E-state index contributed by atoms with van der Waals surface area (Å²) in [5.74, 6) is -8.64. The first-order chi connectivity index (χ1) is 20.1. The van der Waals surface area contributed by atoms with Crippen molar-refractivity contribution in [1.82, 2.24) is 0 Å². The third-order valence-electron chi connectivity index (χ3n) is 8.36. The van der Waals surface area contributed by atoms with Gasteiger partial charge in [-0.25, -0.2) is 13.2 Å². The van der Waals surface area contributed by atoms with Crippen molar-refractivity contribution in [2.45, 2.75) is 89.5 Å². The van der Waals surface area contributed by atoms with Crippen molar-refractivity contribution in [1.29, 1.82) is 0 Å². The number of hydrogen-bond donors (Lipinski definition) is 0. The van der Waals surface area contributed by atoms with Crippen LogP contribution in [0.25, 0.3) is 0 Å². The van der Waals surface area contributed by atoms with Gasteiger partial charge in [0.25, 0.3) is 0 Å². The number of halogens is 10. The summed E-state index contributed by atoms with van der Waals surface area (Å²) in [7, 11) is 0. The Morgan fingerprint density at radius 1 is 0.744 bits per heavy atom. The summed E-state index contributed by atoms with van der Waals surface area (Å²) in [5.41, 5.74) is -2.35. The molecule has 0 amide bonds. The van der Waals surface area contributed by atoms with Crippen molar-refractivity contribution in [2.75, 3.05) is 0 Å². The van der Waals surface area contributed by atoms with Crippen LogP contribution in [0.2, 0.25) is 0 Å². The lowest BCUT2D eigenvalue weighted by Gasteiger charge is -2.37. The van der Waals surface area contributed by atoms with E-state index in [0.29, 0.717) is 42.9 Å². The van der Waals surface area contributed by atoms with Crippen LogP contribution in [0, 0.1) is 35.2 Å². The maximum Gasteiger partial charge on any atom is 0.429 e. The monoisotopic (exact) mass is 626 g/mol. The molecule has 2 aromatic rings. The van der Waals surface area contributed by atoms with Crippen molar-refractivity contribution in [3.63, 3.8) is 0 Å². The van der Waals surface area contributed by atoms with E-state index >= 15 is 8.78 Å². The van der Waals surface area contributed by atoms with E-state index in [1.807, 2.05) is 0 Å². The van der Waals surface area contributed by atoms with E-state index in [0.717, 1.165) is 38.5 Å². The third-order valence-corrected chi connectivity index (χ3v) is 8.36. The molecule has 0 saturated heterocycles. The number of allylic oxidation sites excluding steroid dienone is 2. The van der Waals surface area contributed by atoms with Gasteiger partial charge in [-0.05, 0) is 81.8 Å². The summed E-state index contributed by atoms with van der Waals surface area (Å²) in [6.07, 6.45) is -3.50. The van der Waals surface area contributed by atoms with Gasteiger partial charge in [0.2, 0.25) is 0 Å². The summed E-state index contributed by atoms with van der Waals surface area (Å²) in [6.45, 7) is 2.15. The van der Waals surface area contributed by atoms with Crippen LogP contribution in [0.4, 0.5) is 43.9 Å². The van der Waals surface area contributed by atoms with E-state index in [4.69, 9.17) is 4.74 Å². The number of alkyl halides is 7. The van der Waals surface area contributed by atoms with Crippen LogP contribution < -0.4 is 9.47 Å². The lowest BCUT2D eigenvalue weighted by molar-refractivity contribution is -0.224. The van der Waals surface area contributed by atoms with Crippen LogP contribution in [0.5, 0.6) is 11.5 Å². The summed E-state index contributed by atoms with van der Waals surface area (Å²) in [6, 6.07) is 1.10. The quantitative estimate of drug-likeness (QED) is 0.193. The zero-order valence-electron chi connectivity index (χ0n) is 23.4. The Hall–Kier alpha value is -2.92. The molecule has 0 bridgehead atoms. The molecular weight excluding hydrogens is 594 g/mol. The highest BCUT2D eigenvalue weighted by atomic mass is 19.4. The largest absolute Gasteiger partial charge is 0.432 e. The van der Waals surface area contributed by atoms with Gasteiger partial charge in [0, 0.05) is 18.2 Å². The molecular formula is C31H32F10O2. The second kappa shape index (κ2) is 13.0. The average Bonchev–Trinajstić information content (AvgIpc) is 2.90. The van der Waals surface area contributed by atoms with Crippen LogP contribution in [0.1, 0.15) is 82.3 Å². The molecule has 0 aromatic heterocycles. The molecule has 1 unspecified atom stereocenters. The fourth-order valence-corrected chi connectivity index (χ4v) is 6.01. The lowest BCUT2D eigenvalue weighted by atomic mass is 9.71. The Morgan fingerprint density at radius 2 is 1.37 bits per heavy atom. The highest BCUT2D eigenvalue weighted by molar-refractivity contribution is 5.35. The number of ether oxygens (including phenoxy) is 2. The van der Waals surface area contributed by atoms with Gasteiger partial charge in [-0.15, -0.1) is 0 Å². The Balaban J connectivity index is 1.36. The van der Waals surface area contributed by atoms with Gasteiger partial charge in [-0.3, -0.25) is 0 Å². The molecule has 43 heavy (non-hydrogen) atoms. The number of unbranched alkanes of at least 4 members (excludes halogenated alkanes) is 1. The maximum atomic E-state index is 15.0. The van der Waals surface area contributed by atoms with Gasteiger partial charge in [0.15, 0.2) is 0 Å². The molecule has 0 aliphatic heterocycles. The van der Waals surface area contributed by atoms with Crippen molar-refractivity contribution in [2.24, 2.45) is 17.8 Å². The molecule has 2 aliphatic carbocycles. The molecule has 4 rings (SSSR count). The molecule has 1 fully saturated rings. The standard InChI is InChI=1S/C31H32F10O2/c1-2-3-4-18-5-7-19(8-6-18)20-9-11-21(12-10-20)30(38,39)42-22-13-14-24(25(32)15-22)31(40,41)43-23-16-26(33)28(27(34)17-23)29(35,36)37/h5,13-17,19-21H,2-4,6-12H2,1H3. The van der Waals surface area contributed by atoms with Crippen molar-refractivity contribution >= 4 is 0 Å². The van der Waals surface area contributed by atoms with E-state index in [1.165, 1.54) is 5.57 Å². The Kier molecular flexibility index (Phi) is 9.95. The molecule has 1 saturated carbocycles.